The number of carbonyl (C=O) groups is 2. The van der Waals surface area contributed by atoms with E-state index in [0.717, 1.165) is 0 Å². The van der Waals surface area contributed by atoms with Gasteiger partial charge in [-0.2, -0.15) is 5.26 Å². The van der Waals surface area contributed by atoms with E-state index in [1.807, 2.05) is 6.19 Å². The molecule has 30 heavy (non-hydrogen) atoms. The summed E-state index contributed by atoms with van der Waals surface area (Å²) in [5, 5.41) is 29.6. The summed E-state index contributed by atoms with van der Waals surface area (Å²) in [6.07, 6.45) is 4.98. The van der Waals surface area contributed by atoms with Crippen LogP contribution in [0.2, 0.25) is 0 Å². The van der Waals surface area contributed by atoms with Gasteiger partial charge in [0, 0.05) is 30.1 Å². The normalized spacial score (nSPS) is 19.8. The van der Waals surface area contributed by atoms with Gasteiger partial charge in [0.15, 0.2) is 6.19 Å². The first kappa shape index (κ1) is 21.4. The van der Waals surface area contributed by atoms with Crippen molar-refractivity contribution in [3.63, 3.8) is 0 Å². The van der Waals surface area contributed by atoms with Gasteiger partial charge in [0.05, 0.1) is 18.2 Å². The first-order chi connectivity index (χ1) is 14.3. The number of amides is 1. The lowest BCUT2D eigenvalue weighted by atomic mass is 9.97. The number of nitrogens with zero attached hydrogens (tertiary/aromatic N) is 4. The minimum absolute atomic E-state index is 0.0665. The van der Waals surface area contributed by atoms with Gasteiger partial charge >= 0.3 is 0 Å². The van der Waals surface area contributed by atoms with Crippen LogP contribution in [0.5, 0.6) is 0 Å². The van der Waals surface area contributed by atoms with Crippen LogP contribution in [0.4, 0.5) is 5.69 Å². The van der Waals surface area contributed by atoms with Crippen molar-refractivity contribution in [3.8, 4) is 6.19 Å². The molecule has 1 saturated heterocycles. The molecule has 156 valence electrons. The predicted molar refractivity (Wildman–Crippen MR) is 109 cm³/mol. The number of hydrogen-bond acceptors (Lipinski definition) is 7. The number of benzene rings is 1. The van der Waals surface area contributed by atoms with Crippen LogP contribution < -0.4 is 4.90 Å². The maximum atomic E-state index is 13.5. The molecule has 1 aromatic heterocycles. The fourth-order valence-electron chi connectivity index (χ4n) is 3.61. The van der Waals surface area contributed by atoms with Gasteiger partial charge in [-0.3, -0.25) is 19.6 Å². The molecule has 1 aromatic carbocycles. The maximum Gasteiger partial charge on any atom is 0.251 e. The maximum absolute atomic E-state index is 13.5. The quantitative estimate of drug-likeness (QED) is 0.549. The Labute approximate surface area is 175 Å². The van der Waals surface area contributed by atoms with Crippen molar-refractivity contribution in [2.45, 2.75) is 44.1 Å². The monoisotopic (exact) mass is 408 g/mol. The van der Waals surface area contributed by atoms with Crippen molar-refractivity contribution < 1.29 is 19.8 Å². The van der Waals surface area contributed by atoms with Crippen LogP contribution >= 0.6 is 0 Å². The average molecular weight is 408 g/mol. The van der Waals surface area contributed by atoms with E-state index in [4.69, 9.17) is 0 Å². The highest BCUT2D eigenvalue weighted by Gasteiger charge is 2.40. The summed E-state index contributed by atoms with van der Waals surface area (Å²) >= 11 is 0. The van der Waals surface area contributed by atoms with Crippen LogP contribution in [0.15, 0.2) is 48.8 Å². The molecule has 1 amide bonds. The smallest absolute Gasteiger partial charge is 0.251 e. The lowest BCUT2D eigenvalue weighted by molar-refractivity contribution is -0.124. The number of hydrogen-bond donors (Lipinski definition) is 2. The molecule has 3 atom stereocenters. The van der Waals surface area contributed by atoms with E-state index in [9.17, 15) is 25.1 Å². The van der Waals surface area contributed by atoms with E-state index in [2.05, 4.69) is 4.98 Å². The molecule has 0 spiro atoms. The van der Waals surface area contributed by atoms with E-state index in [0.29, 0.717) is 23.1 Å². The summed E-state index contributed by atoms with van der Waals surface area (Å²) < 4.78 is 0. The SMILES string of the molecule is CC(C)(O)c1ccc(N(C(=O)C2CC(O)CN2C#N)C(C=O)c2cccnc2)cc1. The zero-order valence-corrected chi connectivity index (χ0v) is 16.8. The number of rotatable bonds is 6. The van der Waals surface area contributed by atoms with Crippen LogP contribution in [-0.2, 0) is 15.2 Å². The number of anilines is 1. The second kappa shape index (κ2) is 8.61. The summed E-state index contributed by atoms with van der Waals surface area (Å²) in [6, 6.07) is 8.21. The van der Waals surface area contributed by atoms with Gasteiger partial charge in [-0.15, -0.1) is 0 Å². The Balaban J connectivity index is 2.06. The fraction of sp³-hybridized carbons (Fsp3) is 0.364. The average Bonchev–Trinajstić information content (AvgIpc) is 3.12. The third-order valence-corrected chi connectivity index (χ3v) is 5.21. The summed E-state index contributed by atoms with van der Waals surface area (Å²) in [4.78, 5) is 32.2. The Hall–Kier alpha value is -3.28. The first-order valence-electron chi connectivity index (χ1n) is 9.62. The summed E-state index contributed by atoms with van der Waals surface area (Å²) in [5.41, 5.74) is 0.550. The van der Waals surface area contributed by atoms with Crippen LogP contribution in [0, 0.1) is 11.5 Å². The molecule has 3 rings (SSSR count). The van der Waals surface area contributed by atoms with E-state index in [1.54, 1.807) is 56.4 Å². The molecule has 0 radical (unpaired) electrons. The predicted octanol–water partition coefficient (Wildman–Crippen LogP) is 1.50. The lowest BCUT2D eigenvalue weighted by Crippen LogP contribution is -2.46. The highest BCUT2D eigenvalue weighted by molar-refractivity contribution is 6.01. The molecule has 0 saturated carbocycles. The highest BCUT2D eigenvalue weighted by Crippen LogP contribution is 2.31. The summed E-state index contributed by atoms with van der Waals surface area (Å²) in [7, 11) is 0. The molecule has 0 aliphatic carbocycles. The number of nitriles is 1. The number of carbonyl (C=O) groups excluding carboxylic acids is 2. The fourth-order valence-corrected chi connectivity index (χ4v) is 3.61. The van der Waals surface area contributed by atoms with Crippen molar-refractivity contribution >= 4 is 17.9 Å². The first-order valence-corrected chi connectivity index (χ1v) is 9.62. The van der Waals surface area contributed by atoms with Crippen LogP contribution in [-0.4, -0.2) is 51.0 Å². The molecule has 8 heteroatoms. The molecule has 1 aliphatic heterocycles. The molecule has 3 unspecified atom stereocenters. The van der Waals surface area contributed by atoms with Gasteiger partial charge in [0.1, 0.15) is 18.4 Å². The number of β-amino-alcohol motifs (C(OH)–C–C–N with tert-alkyl or cyclic N) is 1. The van der Waals surface area contributed by atoms with Crippen LogP contribution in [0.3, 0.4) is 0 Å². The second-order valence-corrected chi connectivity index (χ2v) is 7.84. The molecule has 1 aliphatic rings. The second-order valence-electron chi connectivity index (χ2n) is 7.84. The topological polar surface area (TPSA) is 118 Å². The van der Waals surface area contributed by atoms with Gasteiger partial charge in [-0.25, -0.2) is 0 Å². The molecule has 1 fully saturated rings. The van der Waals surface area contributed by atoms with Gasteiger partial charge in [-0.05, 0) is 37.6 Å². The molecule has 2 aromatic rings. The standard InChI is InChI=1S/C22H24N4O4/c1-22(2,30)16-5-7-17(8-6-16)26(20(13-27)15-4-3-9-24-11-15)21(29)19-10-18(28)12-25(19)14-23/h3-9,11,13,18-20,28,30H,10,12H2,1-2H3. The van der Waals surface area contributed by atoms with Crippen LogP contribution in [0.1, 0.15) is 37.4 Å². The minimum Gasteiger partial charge on any atom is -0.391 e. The molecule has 2 N–H and O–H groups in total. The number of aromatic nitrogens is 1. The third kappa shape index (κ3) is 4.32. The largest absolute Gasteiger partial charge is 0.391 e. The van der Waals surface area contributed by atoms with Gasteiger partial charge in [0.25, 0.3) is 5.91 Å². The molecule has 2 heterocycles. The van der Waals surface area contributed by atoms with E-state index in [-0.39, 0.29) is 13.0 Å². The Morgan fingerprint density at radius 3 is 2.60 bits per heavy atom. The van der Waals surface area contributed by atoms with E-state index in [1.165, 1.54) is 16.0 Å². The van der Waals surface area contributed by atoms with Crippen molar-refractivity contribution in [2.24, 2.45) is 0 Å². The number of aliphatic hydroxyl groups is 2. The summed E-state index contributed by atoms with van der Waals surface area (Å²) in [6.45, 7) is 3.37. The number of pyridine rings is 1. The van der Waals surface area contributed by atoms with Crippen molar-refractivity contribution in [3.05, 3.63) is 59.9 Å². The third-order valence-electron chi connectivity index (χ3n) is 5.21. The van der Waals surface area contributed by atoms with E-state index >= 15 is 0 Å². The number of aldehydes is 1. The Kier molecular flexibility index (Phi) is 6.15. The van der Waals surface area contributed by atoms with Gasteiger partial charge in [0.2, 0.25) is 0 Å². The minimum atomic E-state index is -1.06. The summed E-state index contributed by atoms with van der Waals surface area (Å²) in [5.74, 6) is -0.468. The van der Waals surface area contributed by atoms with E-state index < -0.39 is 29.7 Å². The van der Waals surface area contributed by atoms with Gasteiger partial charge in [-0.1, -0.05) is 18.2 Å². The Morgan fingerprint density at radius 1 is 1.37 bits per heavy atom. The zero-order valence-electron chi connectivity index (χ0n) is 16.8. The van der Waals surface area contributed by atoms with Crippen molar-refractivity contribution in [1.29, 1.82) is 5.26 Å². The molecule has 0 bridgehead atoms. The number of likely N-dealkylation sites (tertiary alicyclic amines) is 1. The molecular weight excluding hydrogens is 384 g/mol. The Bertz CT molecular complexity index is 934. The lowest BCUT2D eigenvalue weighted by Gasteiger charge is -2.32. The van der Waals surface area contributed by atoms with Crippen molar-refractivity contribution in [2.75, 3.05) is 11.4 Å². The van der Waals surface area contributed by atoms with Crippen molar-refractivity contribution in [1.82, 2.24) is 9.88 Å². The Morgan fingerprint density at radius 2 is 2.07 bits per heavy atom. The van der Waals surface area contributed by atoms with Gasteiger partial charge < -0.3 is 15.0 Å². The molecular formula is C22H24N4O4. The van der Waals surface area contributed by atoms with Crippen LogP contribution in [0.25, 0.3) is 0 Å². The molecule has 8 nitrogen and oxygen atoms in total. The highest BCUT2D eigenvalue weighted by atomic mass is 16.3. The number of aliphatic hydroxyl groups excluding tert-OH is 1. The zero-order chi connectivity index (χ0) is 21.9.